The van der Waals surface area contributed by atoms with E-state index < -0.39 is 0 Å². The molecule has 7 heteroatoms. The second-order valence-electron chi connectivity index (χ2n) is 9.05. The second-order valence-corrected chi connectivity index (χ2v) is 9.05. The van der Waals surface area contributed by atoms with Crippen LogP contribution >= 0.6 is 24.0 Å². The van der Waals surface area contributed by atoms with Crippen LogP contribution in [0.4, 0.5) is 0 Å². The number of rotatable bonds is 6. The van der Waals surface area contributed by atoms with E-state index in [9.17, 15) is 0 Å². The van der Waals surface area contributed by atoms with Crippen molar-refractivity contribution in [1.82, 2.24) is 15.1 Å². The molecule has 3 aliphatic heterocycles. The number of guanidine groups is 1. The fourth-order valence-corrected chi connectivity index (χ4v) is 5.17. The van der Waals surface area contributed by atoms with Gasteiger partial charge in [-0.3, -0.25) is 9.89 Å². The average Bonchev–Trinajstić information content (AvgIpc) is 3.44. The first kappa shape index (κ1) is 24.6. The number of likely N-dealkylation sites (tertiary alicyclic amines) is 2. The van der Waals surface area contributed by atoms with E-state index in [0.717, 1.165) is 64.2 Å². The zero-order valence-corrected chi connectivity index (χ0v) is 21.5. The largest absolute Gasteiger partial charge is 0.497 e. The fraction of sp³-hybridized carbons (Fsp3) is 0.708. The monoisotopic (exact) mass is 542 g/mol. The Kier molecular flexibility index (Phi) is 9.28. The lowest BCUT2D eigenvalue weighted by molar-refractivity contribution is 0.156. The molecule has 0 amide bonds. The van der Waals surface area contributed by atoms with Crippen LogP contribution in [0, 0.1) is 5.41 Å². The van der Waals surface area contributed by atoms with E-state index in [0.29, 0.717) is 11.5 Å². The number of ether oxygens (including phenoxy) is 2. The molecule has 2 unspecified atom stereocenters. The quantitative estimate of drug-likeness (QED) is 0.336. The highest BCUT2D eigenvalue weighted by molar-refractivity contribution is 14.0. The molecule has 1 aromatic rings. The number of hydrogen-bond donors (Lipinski definition) is 1. The van der Waals surface area contributed by atoms with Crippen LogP contribution < -0.4 is 10.1 Å². The maximum atomic E-state index is 5.72. The molecular weight excluding hydrogens is 503 g/mol. The molecule has 0 aromatic heterocycles. The van der Waals surface area contributed by atoms with Gasteiger partial charge in [0.25, 0.3) is 0 Å². The molecule has 1 spiro atoms. The first-order chi connectivity index (χ1) is 14.7. The number of nitrogens with one attached hydrogen (secondary N) is 1. The minimum absolute atomic E-state index is 0. The predicted molar refractivity (Wildman–Crippen MR) is 137 cm³/mol. The number of nitrogens with zero attached hydrogens (tertiary/aromatic N) is 3. The molecule has 174 valence electrons. The Morgan fingerprint density at radius 3 is 2.58 bits per heavy atom. The smallest absolute Gasteiger partial charge is 0.194 e. The van der Waals surface area contributed by atoms with Crippen molar-refractivity contribution in [3.63, 3.8) is 0 Å². The van der Waals surface area contributed by atoms with E-state index >= 15 is 0 Å². The van der Waals surface area contributed by atoms with Gasteiger partial charge in [-0.25, -0.2) is 0 Å². The molecule has 0 aliphatic carbocycles. The first-order valence-corrected chi connectivity index (χ1v) is 11.7. The van der Waals surface area contributed by atoms with Crippen molar-refractivity contribution < 1.29 is 9.47 Å². The minimum Gasteiger partial charge on any atom is -0.497 e. The van der Waals surface area contributed by atoms with Crippen LogP contribution in [-0.2, 0) is 4.74 Å². The molecule has 3 fully saturated rings. The normalized spacial score (nSPS) is 25.5. The Balaban J connectivity index is 0.00000272. The lowest BCUT2D eigenvalue weighted by Crippen LogP contribution is -2.42. The van der Waals surface area contributed by atoms with E-state index in [1.54, 1.807) is 7.11 Å². The van der Waals surface area contributed by atoms with Gasteiger partial charge in [0.15, 0.2) is 5.96 Å². The molecule has 1 aromatic carbocycles. The van der Waals surface area contributed by atoms with Crippen LogP contribution in [0.3, 0.4) is 0 Å². The lowest BCUT2D eigenvalue weighted by atomic mass is 9.87. The number of halogens is 1. The molecule has 4 rings (SSSR count). The fourth-order valence-electron chi connectivity index (χ4n) is 5.17. The standard InChI is InChI=1S/C24H38N4O2.HI/c1-3-25-23(28-15-11-24(18-28)12-16-30-19-24)26-17-22(27-13-5-4-6-14-27)20-7-9-21(29-2)10-8-20;/h7-10,22H,3-6,11-19H2,1-2H3,(H,25,26);1H. The predicted octanol–water partition coefficient (Wildman–Crippen LogP) is 3.92. The molecule has 2 atom stereocenters. The molecule has 6 nitrogen and oxygen atoms in total. The van der Waals surface area contributed by atoms with Crippen molar-refractivity contribution in [1.29, 1.82) is 0 Å². The van der Waals surface area contributed by atoms with Gasteiger partial charge in [0, 0.05) is 31.7 Å². The molecule has 3 saturated heterocycles. The SMILES string of the molecule is CCNC(=NCC(c1ccc(OC)cc1)N1CCCCC1)N1CCC2(CCOC2)C1.I. The number of hydrogen-bond acceptors (Lipinski definition) is 4. The van der Waals surface area contributed by atoms with Crippen molar-refractivity contribution in [2.75, 3.05) is 59.6 Å². The number of methoxy groups -OCH3 is 1. The van der Waals surface area contributed by atoms with Crippen molar-refractivity contribution >= 4 is 29.9 Å². The Hall–Kier alpha value is -1.06. The Morgan fingerprint density at radius 1 is 1.16 bits per heavy atom. The van der Waals surface area contributed by atoms with E-state index in [2.05, 4.69) is 46.3 Å². The van der Waals surface area contributed by atoms with Gasteiger partial charge in [-0.05, 0) is 63.4 Å². The summed E-state index contributed by atoms with van der Waals surface area (Å²) in [6, 6.07) is 8.88. The number of piperidine rings is 1. The third-order valence-electron chi connectivity index (χ3n) is 7.00. The summed E-state index contributed by atoms with van der Waals surface area (Å²) >= 11 is 0. The zero-order chi connectivity index (χ0) is 20.8. The van der Waals surface area contributed by atoms with E-state index in [4.69, 9.17) is 14.5 Å². The zero-order valence-electron chi connectivity index (χ0n) is 19.1. The molecule has 3 heterocycles. The molecule has 0 radical (unpaired) electrons. The highest BCUT2D eigenvalue weighted by Crippen LogP contribution is 2.38. The van der Waals surface area contributed by atoms with Crippen LogP contribution in [-0.4, -0.2) is 75.4 Å². The molecule has 3 aliphatic rings. The van der Waals surface area contributed by atoms with Crippen LogP contribution in [0.15, 0.2) is 29.3 Å². The third-order valence-corrected chi connectivity index (χ3v) is 7.00. The number of aliphatic imine (C=N–C) groups is 1. The third kappa shape index (κ3) is 6.05. The van der Waals surface area contributed by atoms with Crippen LogP contribution in [0.25, 0.3) is 0 Å². The first-order valence-electron chi connectivity index (χ1n) is 11.7. The lowest BCUT2D eigenvalue weighted by Gasteiger charge is -2.34. The molecule has 0 bridgehead atoms. The van der Waals surface area contributed by atoms with E-state index in [1.807, 2.05) is 0 Å². The summed E-state index contributed by atoms with van der Waals surface area (Å²) in [5.41, 5.74) is 1.68. The van der Waals surface area contributed by atoms with Crippen molar-refractivity contribution in [3.8, 4) is 5.75 Å². The topological polar surface area (TPSA) is 49.3 Å². The Labute approximate surface area is 204 Å². The van der Waals surface area contributed by atoms with Gasteiger partial charge in [-0.2, -0.15) is 0 Å². The van der Waals surface area contributed by atoms with E-state index in [-0.39, 0.29) is 24.0 Å². The van der Waals surface area contributed by atoms with Gasteiger partial charge in [0.1, 0.15) is 5.75 Å². The van der Waals surface area contributed by atoms with Crippen molar-refractivity contribution in [3.05, 3.63) is 29.8 Å². The summed E-state index contributed by atoms with van der Waals surface area (Å²) < 4.78 is 11.1. The second kappa shape index (κ2) is 11.7. The molecular formula is C24H39IN4O2. The molecule has 1 N–H and O–H groups in total. The highest BCUT2D eigenvalue weighted by Gasteiger charge is 2.42. The maximum Gasteiger partial charge on any atom is 0.194 e. The Bertz CT molecular complexity index is 700. The van der Waals surface area contributed by atoms with Gasteiger partial charge in [0.05, 0.1) is 26.3 Å². The summed E-state index contributed by atoms with van der Waals surface area (Å²) in [4.78, 5) is 10.2. The van der Waals surface area contributed by atoms with E-state index in [1.165, 1.54) is 37.7 Å². The summed E-state index contributed by atoms with van der Waals surface area (Å²) in [6.07, 6.45) is 6.31. The summed E-state index contributed by atoms with van der Waals surface area (Å²) in [6.45, 7) is 10.1. The molecule has 0 saturated carbocycles. The highest BCUT2D eigenvalue weighted by atomic mass is 127. The van der Waals surface area contributed by atoms with Crippen LogP contribution in [0.1, 0.15) is 50.6 Å². The summed E-state index contributed by atoms with van der Waals surface area (Å²) in [7, 11) is 1.72. The molecule has 31 heavy (non-hydrogen) atoms. The van der Waals surface area contributed by atoms with Gasteiger partial charge in [0.2, 0.25) is 0 Å². The minimum atomic E-state index is 0. The maximum absolute atomic E-state index is 5.72. The summed E-state index contributed by atoms with van der Waals surface area (Å²) in [5.74, 6) is 1.98. The Morgan fingerprint density at radius 2 is 1.94 bits per heavy atom. The van der Waals surface area contributed by atoms with Gasteiger partial charge < -0.3 is 19.7 Å². The average molecular weight is 543 g/mol. The van der Waals surface area contributed by atoms with Crippen LogP contribution in [0.2, 0.25) is 0 Å². The van der Waals surface area contributed by atoms with Gasteiger partial charge in [-0.15, -0.1) is 24.0 Å². The van der Waals surface area contributed by atoms with Crippen molar-refractivity contribution in [2.45, 2.75) is 45.1 Å². The number of benzene rings is 1. The van der Waals surface area contributed by atoms with Gasteiger partial charge >= 0.3 is 0 Å². The summed E-state index contributed by atoms with van der Waals surface area (Å²) in [5, 5.41) is 3.56. The van der Waals surface area contributed by atoms with Gasteiger partial charge in [-0.1, -0.05) is 18.6 Å². The van der Waals surface area contributed by atoms with Crippen LogP contribution in [0.5, 0.6) is 5.75 Å². The van der Waals surface area contributed by atoms with Crippen molar-refractivity contribution in [2.24, 2.45) is 10.4 Å².